The third-order valence-corrected chi connectivity index (χ3v) is 6.91. The van der Waals surface area contributed by atoms with Crippen LogP contribution in [-0.4, -0.2) is 23.1 Å². The van der Waals surface area contributed by atoms with E-state index in [0.717, 1.165) is 61.4 Å². The van der Waals surface area contributed by atoms with E-state index in [1.54, 1.807) is 0 Å². The van der Waals surface area contributed by atoms with Gasteiger partial charge in [-0.15, -0.1) is 0 Å². The average Bonchev–Trinajstić information content (AvgIpc) is 3.58. The zero-order valence-electron chi connectivity index (χ0n) is 18.8. The molecule has 1 saturated carbocycles. The zero-order valence-corrected chi connectivity index (χ0v) is 18.8. The van der Waals surface area contributed by atoms with Crippen molar-refractivity contribution in [1.82, 2.24) is 9.97 Å². The van der Waals surface area contributed by atoms with E-state index in [1.807, 2.05) is 6.07 Å². The van der Waals surface area contributed by atoms with Crippen molar-refractivity contribution >= 4 is 11.5 Å². The van der Waals surface area contributed by atoms with E-state index in [9.17, 15) is 5.26 Å². The predicted octanol–water partition coefficient (Wildman–Crippen LogP) is 4.49. The van der Waals surface area contributed by atoms with Gasteiger partial charge in [-0.25, -0.2) is 9.97 Å². The summed E-state index contributed by atoms with van der Waals surface area (Å²) in [5, 5.41) is 9.94. The summed E-state index contributed by atoms with van der Waals surface area (Å²) >= 11 is 0. The van der Waals surface area contributed by atoms with Crippen LogP contribution in [0.2, 0.25) is 0 Å². The first-order valence-electron chi connectivity index (χ1n) is 11.3. The Bertz CT molecular complexity index is 1000. The normalized spacial score (nSPS) is 20.5. The molecule has 0 aliphatic heterocycles. The predicted molar refractivity (Wildman–Crippen MR) is 122 cm³/mol. The summed E-state index contributed by atoms with van der Waals surface area (Å²) in [6, 6.07) is 7.06. The fraction of sp³-hybridized carbons (Fsp3) is 0.560. The first-order chi connectivity index (χ1) is 14.4. The third-order valence-electron chi connectivity index (χ3n) is 6.91. The Kier molecular flexibility index (Phi) is 5.44. The molecule has 1 aromatic heterocycles. The lowest BCUT2D eigenvalue weighted by molar-refractivity contribution is 0.396. The molecular weight excluding hydrogens is 370 g/mol. The Balaban J connectivity index is 1.82. The minimum atomic E-state index is -0.146. The number of nitriles is 1. The maximum atomic E-state index is 9.94. The molecule has 0 bridgehead atoms. The Hall–Kier alpha value is -2.61. The number of nitrogens with zero attached hydrogens (tertiary/aromatic N) is 4. The summed E-state index contributed by atoms with van der Waals surface area (Å²) in [4.78, 5) is 12.3. The van der Waals surface area contributed by atoms with Crippen molar-refractivity contribution in [2.45, 2.75) is 83.6 Å². The molecule has 5 heteroatoms. The highest BCUT2D eigenvalue weighted by atomic mass is 15.2. The summed E-state index contributed by atoms with van der Waals surface area (Å²) in [6.07, 6.45) is 8.10. The molecule has 5 nitrogen and oxygen atoms in total. The van der Waals surface area contributed by atoms with Crippen LogP contribution >= 0.6 is 0 Å². The Labute approximate surface area is 180 Å². The van der Waals surface area contributed by atoms with Gasteiger partial charge in [-0.05, 0) is 55.7 Å². The van der Waals surface area contributed by atoms with Crippen LogP contribution in [0.3, 0.4) is 0 Å². The molecule has 0 radical (unpaired) electrons. The molecular formula is C25H33N5. The van der Waals surface area contributed by atoms with Crippen molar-refractivity contribution in [2.75, 3.05) is 17.7 Å². The Morgan fingerprint density at radius 2 is 2.03 bits per heavy atom. The molecule has 1 unspecified atom stereocenters. The van der Waals surface area contributed by atoms with Gasteiger partial charge < -0.3 is 10.6 Å². The van der Waals surface area contributed by atoms with Gasteiger partial charge in [0, 0.05) is 36.2 Å². The largest absolute Gasteiger partial charge is 0.398 e. The number of anilines is 2. The number of benzene rings is 1. The summed E-state index contributed by atoms with van der Waals surface area (Å²) in [5.74, 6) is 2.05. The van der Waals surface area contributed by atoms with E-state index >= 15 is 0 Å². The van der Waals surface area contributed by atoms with Crippen LogP contribution in [0.25, 0.3) is 0 Å². The van der Waals surface area contributed by atoms with Crippen molar-refractivity contribution in [3.05, 3.63) is 45.9 Å². The number of aromatic nitrogens is 2. The van der Waals surface area contributed by atoms with Gasteiger partial charge in [0.2, 0.25) is 0 Å². The summed E-state index contributed by atoms with van der Waals surface area (Å²) < 4.78 is 0. The molecule has 0 saturated heterocycles. The minimum absolute atomic E-state index is 0.146. The number of nitrogen functional groups attached to an aromatic ring is 1. The van der Waals surface area contributed by atoms with Gasteiger partial charge in [0.05, 0.1) is 11.3 Å². The van der Waals surface area contributed by atoms with Gasteiger partial charge in [0.1, 0.15) is 17.7 Å². The van der Waals surface area contributed by atoms with E-state index < -0.39 is 0 Å². The summed E-state index contributed by atoms with van der Waals surface area (Å²) in [5.41, 5.74) is 12.2. The van der Waals surface area contributed by atoms with Crippen LogP contribution < -0.4 is 10.6 Å². The number of fused-ring (bicyclic) bond motifs is 1. The Morgan fingerprint density at radius 3 is 2.67 bits per heavy atom. The van der Waals surface area contributed by atoms with Gasteiger partial charge in [0.15, 0.2) is 0 Å². The summed E-state index contributed by atoms with van der Waals surface area (Å²) in [6.45, 7) is 6.60. The lowest BCUT2D eigenvalue weighted by Gasteiger charge is -2.38. The van der Waals surface area contributed by atoms with Crippen LogP contribution in [0, 0.1) is 11.3 Å². The third kappa shape index (κ3) is 3.53. The van der Waals surface area contributed by atoms with E-state index in [0.29, 0.717) is 17.3 Å². The highest BCUT2D eigenvalue weighted by molar-refractivity contribution is 5.63. The van der Waals surface area contributed by atoms with Gasteiger partial charge in [-0.3, -0.25) is 0 Å². The van der Waals surface area contributed by atoms with Crippen molar-refractivity contribution in [3.8, 4) is 6.07 Å². The van der Waals surface area contributed by atoms with Gasteiger partial charge in [-0.1, -0.05) is 33.3 Å². The number of aryl methyl sites for hydroxylation is 2. The number of hydrogen-bond acceptors (Lipinski definition) is 5. The van der Waals surface area contributed by atoms with Crippen molar-refractivity contribution in [3.63, 3.8) is 0 Å². The number of rotatable bonds is 6. The number of hydrogen-bond donors (Lipinski definition) is 1. The standard InChI is InChI=1S/C25H33N5/c1-5-7-16-8-11-20(27)19(15-26)23(16)25(3)13-12-18-21(14-25)28-22(6-2)29-24(18)30(4)17-9-10-17/h8,11,17H,5-7,9-10,12-14,27H2,1-4H3. The second-order valence-electron chi connectivity index (χ2n) is 9.25. The maximum absolute atomic E-state index is 9.94. The first-order valence-corrected chi connectivity index (χ1v) is 11.3. The molecule has 158 valence electrons. The highest BCUT2D eigenvalue weighted by Crippen LogP contribution is 2.44. The Morgan fingerprint density at radius 1 is 1.27 bits per heavy atom. The minimum Gasteiger partial charge on any atom is -0.398 e. The first kappa shape index (κ1) is 20.7. The smallest absolute Gasteiger partial charge is 0.135 e. The zero-order chi connectivity index (χ0) is 21.5. The fourth-order valence-electron chi connectivity index (χ4n) is 5.08. The van der Waals surface area contributed by atoms with Crippen LogP contribution in [0.5, 0.6) is 0 Å². The molecule has 1 aromatic carbocycles. The molecule has 2 N–H and O–H groups in total. The topological polar surface area (TPSA) is 78.8 Å². The van der Waals surface area contributed by atoms with Crippen LogP contribution in [0.4, 0.5) is 11.5 Å². The molecule has 1 fully saturated rings. The van der Waals surface area contributed by atoms with Gasteiger partial charge >= 0.3 is 0 Å². The van der Waals surface area contributed by atoms with Gasteiger partial charge in [0.25, 0.3) is 0 Å². The molecule has 2 aliphatic carbocycles. The number of nitrogens with two attached hydrogens (primary N) is 1. The molecule has 1 atom stereocenters. The highest BCUT2D eigenvalue weighted by Gasteiger charge is 2.39. The average molecular weight is 404 g/mol. The lowest BCUT2D eigenvalue weighted by atomic mass is 9.67. The van der Waals surface area contributed by atoms with Crippen molar-refractivity contribution in [1.29, 1.82) is 5.26 Å². The molecule has 30 heavy (non-hydrogen) atoms. The molecule has 2 aromatic rings. The van der Waals surface area contributed by atoms with E-state index in [4.69, 9.17) is 15.7 Å². The molecule has 4 rings (SSSR count). The van der Waals surface area contributed by atoms with E-state index in [-0.39, 0.29) is 5.41 Å². The van der Waals surface area contributed by atoms with Crippen LogP contribution in [0.15, 0.2) is 12.1 Å². The monoisotopic (exact) mass is 403 g/mol. The maximum Gasteiger partial charge on any atom is 0.135 e. The SMILES string of the molecule is CCCc1ccc(N)c(C#N)c1C1(C)CCc2c(nc(CC)nc2N(C)C2CC2)C1. The second kappa shape index (κ2) is 7.91. The lowest BCUT2D eigenvalue weighted by Crippen LogP contribution is -2.35. The van der Waals surface area contributed by atoms with Gasteiger partial charge in [-0.2, -0.15) is 5.26 Å². The van der Waals surface area contributed by atoms with Crippen LogP contribution in [0.1, 0.15) is 80.2 Å². The fourth-order valence-corrected chi connectivity index (χ4v) is 5.08. The van der Waals surface area contributed by atoms with Crippen molar-refractivity contribution < 1.29 is 0 Å². The van der Waals surface area contributed by atoms with E-state index in [2.05, 4.69) is 44.9 Å². The molecule has 1 heterocycles. The quantitative estimate of drug-likeness (QED) is 0.719. The summed E-state index contributed by atoms with van der Waals surface area (Å²) in [7, 11) is 2.18. The molecule has 0 spiro atoms. The van der Waals surface area contributed by atoms with Crippen LogP contribution in [-0.2, 0) is 31.1 Å². The van der Waals surface area contributed by atoms with E-state index in [1.165, 1.54) is 24.0 Å². The molecule has 0 amide bonds. The molecule has 2 aliphatic rings. The van der Waals surface area contributed by atoms with Crippen molar-refractivity contribution in [2.24, 2.45) is 0 Å². The second-order valence-corrected chi connectivity index (χ2v) is 9.25.